The Bertz CT molecular complexity index is 1900. The van der Waals surface area contributed by atoms with Gasteiger partial charge in [0.1, 0.15) is 11.6 Å². The molecule has 0 spiro atoms. The topological polar surface area (TPSA) is 94.8 Å². The van der Waals surface area contributed by atoms with Gasteiger partial charge in [0, 0.05) is 56.1 Å². The fourth-order valence-electron chi connectivity index (χ4n) is 6.78. The van der Waals surface area contributed by atoms with Gasteiger partial charge in [-0.2, -0.15) is 4.98 Å². The van der Waals surface area contributed by atoms with Gasteiger partial charge in [0.15, 0.2) is 5.82 Å². The second kappa shape index (κ2) is 11.5. The molecule has 0 aliphatic carbocycles. The van der Waals surface area contributed by atoms with Gasteiger partial charge in [0.05, 0.1) is 33.0 Å². The Morgan fingerprint density at radius 2 is 1.98 bits per heavy atom. The summed E-state index contributed by atoms with van der Waals surface area (Å²) in [5.41, 5.74) is 2.42. The van der Waals surface area contributed by atoms with Crippen LogP contribution in [-0.4, -0.2) is 69.2 Å². The predicted molar refractivity (Wildman–Crippen MR) is 176 cm³/mol. The first-order valence-electron chi connectivity index (χ1n) is 15.1. The summed E-state index contributed by atoms with van der Waals surface area (Å²) >= 11 is 6.58. The first-order chi connectivity index (χ1) is 21.4. The van der Waals surface area contributed by atoms with E-state index >= 15 is 4.39 Å². The molecule has 2 aromatic heterocycles. The van der Waals surface area contributed by atoms with Crippen LogP contribution < -0.4 is 15.5 Å². The number of aryl methyl sites for hydroxylation is 1. The summed E-state index contributed by atoms with van der Waals surface area (Å²) in [4.78, 5) is 42.0. The van der Waals surface area contributed by atoms with E-state index in [4.69, 9.17) is 11.6 Å². The standard InChI is InChI=1S/C34H36ClFN6O3/c1-7-26(44)40-17-21-12-14-39(6)32-28-24(15-22(29(32)36)27-23(35)9-8-10-25(27)43)42(31-19(4)11-13-37-30(31)18(2)3)34(45)38-33(28)41(21)16-20(40)5/h7-11,13,15,18,20-21,43H,1,12,14,16-17H2,2-6H3. The molecular weight excluding hydrogens is 595 g/mol. The van der Waals surface area contributed by atoms with Gasteiger partial charge in [-0.1, -0.05) is 38.1 Å². The number of rotatable bonds is 4. The second-order valence-electron chi connectivity index (χ2n) is 12.2. The summed E-state index contributed by atoms with van der Waals surface area (Å²) in [5, 5.41) is 11.5. The number of carbonyl (C=O) groups is 1. The Hall–Kier alpha value is -4.44. The molecule has 9 nitrogen and oxygen atoms in total. The quantitative estimate of drug-likeness (QED) is 0.285. The summed E-state index contributed by atoms with van der Waals surface area (Å²) in [6, 6.07) is 7.69. The summed E-state index contributed by atoms with van der Waals surface area (Å²) in [5.74, 6) is -0.592. The van der Waals surface area contributed by atoms with Gasteiger partial charge in [0.2, 0.25) is 5.91 Å². The fourth-order valence-corrected chi connectivity index (χ4v) is 7.05. The molecule has 1 amide bonds. The lowest BCUT2D eigenvalue weighted by molar-refractivity contribution is -0.128. The van der Waals surface area contributed by atoms with Crippen LogP contribution in [0.25, 0.3) is 27.7 Å². The number of piperazine rings is 1. The maximum Gasteiger partial charge on any atom is 0.354 e. The number of pyridine rings is 1. The molecule has 2 aliphatic rings. The number of hydrogen-bond acceptors (Lipinski definition) is 7. The summed E-state index contributed by atoms with van der Waals surface area (Å²) in [7, 11) is 1.80. The molecule has 45 heavy (non-hydrogen) atoms. The molecule has 2 aliphatic heterocycles. The molecule has 4 heterocycles. The number of amides is 1. The maximum atomic E-state index is 17.0. The van der Waals surface area contributed by atoms with E-state index in [9.17, 15) is 14.7 Å². The van der Waals surface area contributed by atoms with E-state index < -0.39 is 11.5 Å². The number of aromatic hydroxyl groups is 1. The predicted octanol–water partition coefficient (Wildman–Crippen LogP) is 5.81. The van der Waals surface area contributed by atoms with Crippen LogP contribution in [-0.2, 0) is 4.79 Å². The highest BCUT2D eigenvalue weighted by molar-refractivity contribution is 6.33. The van der Waals surface area contributed by atoms with Crippen molar-refractivity contribution in [3.05, 3.63) is 81.8 Å². The minimum absolute atomic E-state index is 0.0317. The van der Waals surface area contributed by atoms with Gasteiger partial charge in [-0.25, -0.2) is 9.18 Å². The number of halogens is 2. The van der Waals surface area contributed by atoms with Gasteiger partial charge in [-0.15, -0.1) is 0 Å². The molecule has 2 unspecified atom stereocenters. The lowest BCUT2D eigenvalue weighted by atomic mass is 9.96. The van der Waals surface area contributed by atoms with Gasteiger partial charge in [-0.05, 0) is 62.1 Å². The van der Waals surface area contributed by atoms with Crippen molar-refractivity contribution in [1.82, 2.24) is 19.4 Å². The minimum atomic E-state index is -0.583. The smallest absolute Gasteiger partial charge is 0.354 e. The van der Waals surface area contributed by atoms with E-state index in [-0.39, 0.29) is 51.5 Å². The number of benzene rings is 2. The van der Waals surface area contributed by atoms with E-state index in [0.717, 1.165) is 5.56 Å². The van der Waals surface area contributed by atoms with Gasteiger partial charge in [-0.3, -0.25) is 14.3 Å². The van der Waals surface area contributed by atoms with E-state index in [0.29, 0.717) is 54.2 Å². The van der Waals surface area contributed by atoms with Crippen molar-refractivity contribution in [1.29, 1.82) is 0 Å². The second-order valence-corrected chi connectivity index (χ2v) is 12.7. The first kappa shape index (κ1) is 30.6. The number of anilines is 2. The normalized spacial score (nSPS) is 18.2. The summed E-state index contributed by atoms with van der Waals surface area (Å²) in [6.07, 6.45) is 3.61. The lowest BCUT2D eigenvalue weighted by Crippen LogP contribution is -2.60. The largest absolute Gasteiger partial charge is 0.507 e. The third-order valence-electron chi connectivity index (χ3n) is 9.01. The zero-order chi connectivity index (χ0) is 32.3. The fraction of sp³-hybridized carbons (Fsp3) is 0.353. The highest BCUT2D eigenvalue weighted by Crippen LogP contribution is 2.46. The van der Waals surface area contributed by atoms with Crippen molar-refractivity contribution in [2.24, 2.45) is 0 Å². The van der Waals surface area contributed by atoms with E-state index in [1.807, 2.05) is 43.6 Å². The molecule has 0 saturated carbocycles. The molecular formula is C34H36ClFN6O3. The molecule has 1 saturated heterocycles. The van der Waals surface area contributed by atoms with Crippen molar-refractivity contribution in [3.63, 3.8) is 0 Å². The highest BCUT2D eigenvalue weighted by atomic mass is 35.5. The van der Waals surface area contributed by atoms with Crippen LogP contribution in [0.2, 0.25) is 5.02 Å². The van der Waals surface area contributed by atoms with Crippen LogP contribution in [0, 0.1) is 12.7 Å². The van der Waals surface area contributed by atoms with Crippen molar-refractivity contribution >= 4 is 39.9 Å². The molecule has 1 N–H and O–H groups in total. The molecule has 1 fully saturated rings. The Morgan fingerprint density at radius 3 is 2.67 bits per heavy atom. The number of nitrogens with zero attached hydrogens (tertiary/aromatic N) is 6. The number of aromatic nitrogens is 3. The van der Waals surface area contributed by atoms with Crippen LogP contribution in [0.5, 0.6) is 5.75 Å². The molecule has 11 heteroatoms. The van der Waals surface area contributed by atoms with E-state index in [1.54, 1.807) is 36.3 Å². The number of fused-ring (bicyclic) bond motifs is 2. The first-order valence-corrected chi connectivity index (χ1v) is 15.5. The van der Waals surface area contributed by atoms with Crippen LogP contribution in [0.1, 0.15) is 44.4 Å². The van der Waals surface area contributed by atoms with E-state index in [1.165, 1.54) is 16.7 Å². The Kier molecular flexibility index (Phi) is 7.81. The summed E-state index contributed by atoms with van der Waals surface area (Å²) in [6.45, 7) is 12.8. The molecule has 4 aromatic rings. The van der Waals surface area contributed by atoms with Crippen molar-refractivity contribution in [3.8, 4) is 22.6 Å². The zero-order valence-corrected chi connectivity index (χ0v) is 26.8. The number of carbonyl (C=O) groups excluding carboxylic acids is 1. The highest BCUT2D eigenvalue weighted by Gasteiger charge is 2.38. The minimum Gasteiger partial charge on any atom is -0.507 e. The van der Waals surface area contributed by atoms with Gasteiger partial charge in [0.25, 0.3) is 0 Å². The number of phenolic OH excluding ortho intramolecular Hbond substituents is 1. The third kappa shape index (κ3) is 4.91. The molecule has 6 rings (SSSR count). The lowest BCUT2D eigenvalue weighted by Gasteiger charge is -2.47. The van der Waals surface area contributed by atoms with Gasteiger partial charge >= 0.3 is 5.69 Å². The number of phenols is 1. The average molecular weight is 631 g/mol. The Morgan fingerprint density at radius 1 is 1.22 bits per heavy atom. The Balaban J connectivity index is 1.76. The van der Waals surface area contributed by atoms with E-state index in [2.05, 4.69) is 16.5 Å². The Labute approximate surface area is 266 Å². The monoisotopic (exact) mass is 630 g/mol. The van der Waals surface area contributed by atoms with Crippen molar-refractivity contribution in [2.75, 3.05) is 36.5 Å². The van der Waals surface area contributed by atoms with Crippen LogP contribution in [0.3, 0.4) is 0 Å². The van der Waals surface area contributed by atoms with Crippen LogP contribution >= 0.6 is 11.6 Å². The molecule has 0 radical (unpaired) electrons. The molecule has 2 aromatic carbocycles. The zero-order valence-electron chi connectivity index (χ0n) is 26.0. The SMILES string of the molecule is C=CC(=O)N1CC2CCN(C)c3c(F)c(-c4c(O)cccc4Cl)cc4c3c(nc(=O)n4-c3c(C)ccnc3C(C)C)N2CC1C. The van der Waals surface area contributed by atoms with Crippen molar-refractivity contribution < 1.29 is 14.3 Å². The molecule has 0 bridgehead atoms. The van der Waals surface area contributed by atoms with Crippen LogP contribution in [0.15, 0.2) is 54.0 Å². The van der Waals surface area contributed by atoms with Gasteiger partial charge < -0.3 is 19.8 Å². The van der Waals surface area contributed by atoms with Crippen LogP contribution in [0.4, 0.5) is 15.9 Å². The summed E-state index contributed by atoms with van der Waals surface area (Å²) < 4.78 is 18.6. The maximum absolute atomic E-state index is 17.0. The third-order valence-corrected chi connectivity index (χ3v) is 9.33. The number of hydrogen-bond donors (Lipinski definition) is 1. The molecule has 2 atom stereocenters. The molecule has 234 valence electrons. The average Bonchev–Trinajstić information content (AvgIpc) is 2.99. The van der Waals surface area contributed by atoms with Crippen molar-refractivity contribution in [2.45, 2.75) is 52.1 Å².